The van der Waals surface area contributed by atoms with Gasteiger partial charge in [-0.1, -0.05) is 39.8 Å². The lowest BCUT2D eigenvalue weighted by atomic mass is 9.90. The molecule has 1 heterocycles. The van der Waals surface area contributed by atoms with Crippen LogP contribution in [0.4, 0.5) is 0 Å². The lowest BCUT2D eigenvalue weighted by molar-refractivity contribution is -0.135. The van der Waals surface area contributed by atoms with Gasteiger partial charge in [0.1, 0.15) is 18.9 Å². The van der Waals surface area contributed by atoms with Gasteiger partial charge in [-0.3, -0.25) is 9.59 Å². The number of thiophene rings is 1. The number of aryl methyl sites for hydroxylation is 2. The van der Waals surface area contributed by atoms with Crippen LogP contribution in [0.3, 0.4) is 0 Å². The quantitative estimate of drug-likeness (QED) is 0.296. The number of aliphatic hydroxyl groups excluding tert-OH is 1. The van der Waals surface area contributed by atoms with Crippen molar-refractivity contribution in [2.45, 2.75) is 65.9 Å². The van der Waals surface area contributed by atoms with Gasteiger partial charge in [0.15, 0.2) is 0 Å². The van der Waals surface area contributed by atoms with E-state index < -0.39 is 18.6 Å². The molecule has 0 saturated heterocycles. The molecule has 0 bridgehead atoms. The van der Waals surface area contributed by atoms with Crippen molar-refractivity contribution in [1.29, 1.82) is 0 Å². The molecule has 7 heteroatoms. The van der Waals surface area contributed by atoms with E-state index in [9.17, 15) is 14.7 Å². The molecule has 1 amide bonds. The number of carboxylic acid groups (broad SMARTS) is 1. The molecule has 2 atom stereocenters. The zero-order chi connectivity index (χ0) is 26.5. The summed E-state index contributed by atoms with van der Waals surface area (Å²) in [6, 6.07) is 13.9. The minimum atomic E-state index is -1.07. The van der Waals surface area contributed by atoms with E-state index in [1.165, 1.54) is 10.4 Å². The Morgan fingerprint density at radius 1 is 1.11 bits per heavy atom. The fourth-order valence-corrected chi connectivity index (χ4v) is 5.26. The van der Waals surface area contributed by atoms with Gasteiger partial charge in [-0.25, -0.2) is 0 Å². The number of ether oxygens (including phenoxy) is 1. The number of carbonyl (C=O) groups excluding carboxylic acids is 1. The molecule has 2 aromatic carbocycles. The molecule has 3 aromatic rings. The Balaban J connectivity index is 1.64. The molecule has 0 spiro atoms. The zero-order valence-electron chi connectivity index (χ0n) is 21.8. The van der Waals surface area contributed by atoms with E-state index in [1.807, 2.05) is 45.9 Å². The number of aliphatic carboxylic acids is 1. The normalized spacial score (nSPS) is 13.4. The van der Waals surface area contributed by atoms with Crippen LogP contribution in [0.25, 0.3) is 10.1 Å². The summed E-state index contributed by atoms with van der Waals surface area (Å²) < 4.78 is 7.00. The number of benzene rings is 2. The van der Waals surface area contributed by atoms with E-state index in [0.717, 1.165) is 40.7 Å². The van der Waals surface area contributed by atoms with Gasteiger partial charge in [0.05, 0.1) is 6.10 Å². The Morgan fingerprint density at radius 3 is 2.50 bits per heavy atom. The van der Waals surface area contributed by atoms with Crippen molar-refractivity contribution in [2.75, 3.05) is 13.2 Å². The number of carbonyl (C=O) groups is 2. The van der Waals surface area contributed by atoms with Crippen molar-refractivity contribution in [2.24, 2.45) is 5.41 Å². The highest BCUT2D eigenvalue weighted by Crippen LogP contribution is 2.36. The molecule has 2 unspecified atom stereocenters. The first kappa shape index (κ1) is 27.7. The van der Waals surface area contributed by atoms with Crippen molar-refractivity contribution in [3.05, 3.63) is 64.0 Å². The van der Waals surface area contributed by atoms with Crippen molar-refractivity contribution < 1.29 is 24.5 Å². The topological polar surface area (TPSA) is 95.9 Å². The number of carboxylic acids is 1. The van der Waals surface area contributed by atoms with Gasteiger partial charge in [0.2, 0.25) is 0 Å². The maximum atomic E-state index is 12.2. The lowest BCUT2D eigenvalue weighted by Crippen LogP contribution is -2.32. The molecule has 0 fully saturated rings. The van der Waals surface area contributed by atoms with Crippen molar-refractivity contribution in [3.63, 3.8) is 0 Å². The van der Waals surface area contributed by atoms with E-state index >= 15 is 0 Å². The fourth-order valence-electron chi connectivity index (χ4n) is 4.00. The van der Waals surface area contributed by atoms with E-state index in [1.54, 1.807) is 17.4 Å². The van der Waals surface area contributed by atoms with Gasteiger partial charge in [0, 0.05) is 15.1 Å². The van der Waals surface area contributed by atoms with Crippen LogP contribution < -0.4 is 10.1 Å². The number of rotatable bonds is 11. The molecule has 0 saturated carbocycles. The molecule has 194 valence electrons. The second-order valence-electron chi connectivity index (χ2n) is 10.4. The monoisotopic (exact) mass is 511 g/mol. The number of nitrogens with one attached hydrogen (secondary N) is 1. The molecular formula is C29H37NO5S. The molecule has 3 rings (SSSR count). The first-order chi connectivity index (χ1) is 17.0. The van der Waals surface area contributed by atoms with Gasteiger partial charge >= 0.3 is 5.97 Å². The van der Waals surface area contributed by atoms with Crippen LogP contribution >= 0.6 is 11.3 Å². The maximum Gasteiger partial charge on any atom is 0.322 e. The van der Waals surface area contributed by atoms with Crippen LogP contribution in [0, 0.1) is 12.3 Å². The third-order valence-electron chi connectivity index (χ3n) is 6.51. The Labute approximate surface area is 217 Å². The van der Waals surface area contributed by atoms with Crippen LogP contribution in [0.1, 0.15) is 72.8 Å². The maximum absolute atomic E-state index is 12.2. The molecule has 0 aliphatic carbocycles. The van der Waals surface area contributed by atoms with Gasteiger partial charge in [-0.05, 0) is 84.4 Å². The predicted molar refractivity (Wildman–Crippen MR) is 145 cm³/mol. The minimum absolute atomic E-state index is 0.218. The summed E-state index contributed by atoms with van der Waals surface area (Å²) in [5, 5.41) is 22.4. The SMILES string of the molecule is CCC(CCc1ccc(OCC(O)C(C)(C)C)c(C)c1)c1cc2cc(C(=O)NCC(=O)O)ccc2s1. The Hall–Kier alpha value is -2.90. The number of amides is 1. The number of hydrogen-bond acceptors (Lipinski definition) is 5. The third kappa shape index (κ3) is 7.31. The molecular weight excluding hydrogens is 474 g/mol. The molecule has 0 aliphatic heterocycles. The second-order valence-corrected chi connectivity index (χ2v) is 11.5. The van der Waals surface area contributed by atoms with Gasteiger partial charge in [-0.2, -0.15) is 0 Å². The summed E-state index contributed by atoms with van der Waals surface area (Å²) in [5.74, 6) is -0.230. The number of aliphatic hydroxyl groups is 1. The average molecular weight is 512 g/mol. The standard InChI is InChI=1S/C29H37NO5S/c1-6-20(9-7-19-8-11-23(18(2)13-19)35-17-26(31)29(3,4)5)25-15-22-14-21(10-12-24(22)36-25)28(34)30-16-27(32)33/h8,10-15,20,26,31H,6-7,9,16-17H2,1-5H3,(H,30,34)(H,32,33). The molecule has 6 nitrogen and oxygen atoms in total. The lowest BCUT2D eigenvalue weighted by Gasteiger charge is -2.26. The Bertz CT molecular complexity index is 1210. The summed E-state index contributed by atoms with van der Waals surface area (Å²) in [6.07, 6.45) is 2.45. The first-order valence-electron chi connectivity index (χ1n) is 12.4. The van der Waals surface area contributed by atoms with Gasteiger partial charge < -0.3 is 20.3 Å². The van der Waals surface area contributed by atoms with Gasteiger partial charge in [-0.15, -0.1) is 11.3 Å². The number of fused-ring (bicyclic) bond motifs is 1. The summed E-state index contributed by atoms with van der Waals surface area (Å²) >= 11 is 1.75. The highest BCUT2D eigenvalue weighted by molar-refractivity contribution is 7.19. The molecule has 0 aliphatic rings. The van der Waals surface area contributed by atoms with Crippen molar-refractivity contribution >= 4 is 33.3 Å². The predicted octanol–water partition coefficient (Wildman–Crippen LogP) is 5.94. The zero-order valence-corrected chi connectivity index (χ0v) is 22.6. The minimum Gasteiger partial charge on any atom is -0.491 e. The first-order valence-corrected chi connectivity index (χ1v) is 13.2. The number of hydrogen-bond donors (Lipinski definition) is 3. The van der Waals surface area contributed by atoms with E-state index in [4.69, 9.17) is 9.84 Å². The van der Waals surface area contributed by atoms with Crippen LogP contribution in [-0.2, 0) is 11.2 Å². The summed E-state index contributed by atoms with van der Waals surface area (Å²) in [7, 11) is 0. The van der Waals surface area contributed by atoms with Crippen LogP contribution in [0.15, 0.2) is 42.5 Å². The smallest absolute Gasteiger partial charge is 0.322 e. The molecule has 3 N–H and O–H groups in total. The van der Waals surface area contributed by atoms with E-state index in [2.05, 4.69) is 30.4 Å². The molecule has 0 radical (unpaired) electrons. The Morgan fingerprint density at radius 2 is 1.86 bits per heavy atom. The van der Waals surface area contributed by atoms with Crippen LogP contribution in [0.2, 0.25) is 0 Å². The summed E-state index contributed by atoms with van der Waals surface area (Å²) in [4.78, 5) is 24.2. The average Bonchev–Trinajstić information content (AvgIpc) is 3.24. The Kier molecular flexibility index (Phi) is 9.14. The summed E-state index contributed by atoms with van der Waals surface area (Å²) in [6.45, 7) is 10.1. The second kappa shape index (κ2) is 11.9. The van der Waals surface area contributed by atoms with Gasteiger partial charge in [0.25, 0.3) is 5.91 Å². The van der Waals surface area contributed by atoms with Crippen LogP contribution in [0.5, 0.6) is 5.75 Å². The van der Waals surface area contributed by atoms with Crippen molar-refractivity contribution in [1.82, 2.24) is 5.32 Å². The van der Waals surface area contributed by atoms with Crippen molar-refractivity contribution in [3.8, 4) is 5.75 Å². The summed E-state index contributed by atoms with van der Waals surface area (Å²) in [5.41, 5.74) is 2.57. The van der Waals surface area contributed by atoms with Crippen LogP contribution in [-0.4, -0.2) is 41.3 Å². The molecule has 36 heavy (non-hydrogen) atoms. The largest absolute Gasteiger partial charge is 0.491 e. The molecule has 1 aromatic heterocycles. The fraction of sp³-hybridized carbons (Fsp3) is 0.448. The highest BCUT2D eigenvalue weighted by atomic mass is 32.1. The third-order valence-corrected chi connectivity index (χ3v) is 7.79. The van der Waals surface area contributed by atoms with E-state index in [0.29, 0.717) is 11.5 Å². The van der Waals surface area contributed by atoms with E-state index in [-0.39, 0.29) is 17.9 Å². The highest BCUT2D eigenvalue weighted by Gasteiger charge is 2.23.